The van der Waals surface area contributed by atoms with Crippen molar-refractivity contribution in [1.82, 2.24) is 9.55 Å². The number of para-hydroxylation sites is 2. The zero-order valence-electron chi connectivity index (χ0n) is 16.0. The van der Waals surface area contributed by atoms with Gasteiger partial charge < -0.3 is 9.88 Å². The monoisotopic (exact) mass is 423 g/mol. The van der Waals surface area contributed by atoms with Gasteiger partial charge in [0.1, 0.15) is 12.4 Å². The molecule has 4 nitrogen and oxygen atoms in total. The van der Waals surface area contributed by atoms with Crippen LogP contribution in [0.5, 0.6) is 0 Å². The Morgan fingerprint density at radius 1 is 1.00 bits per heavy atom. The number of amides is 1. The van der Waals surface area contributed by atoms with Crippen LogP contribution in [-0.4, -0.2) is 15.5 Å². The minimum Gasteiger partial charge on any atom is -0.325 e. The van der Waals surface area contributed by atoms with Crippen molar-refractivity contribution < 1.29 is 4.79 Å². The molecule has 0 radical (unpaired) electrons. The predicted molar refractivity (Wildman–Crippen MR) is 120 cm³/mol. The Morgan fingerprint density at radius 2 is 1.72 bits per heavy atom. The highest BCUT2D eigenvalue weighted by Gasteiger charge is 2.17. The van der Waals surface area contributed by atoms with Crippen LogP contribution in [0.1, 0.15) is 11.1 Å². The Kier molecular flexibility index (Phi) is 5.31. The lowest BCUT2D eigenvalue weighted by molar-refractivity contribution is -0.116. The Labute approximate surface area is 179 Å². The van der Waals surface area contributed by atoms with Crippen LogP contribution >= 0.6 is 23.2 Å². The molecule has 0 spiro atoms. The van der Waals surface area contributed by atoms with Crippen molar-refractivity contribution in [2.75, 3.05) is 5.32 Å². The molecule has 1 aromatic heterocycles. The van der Waals surface area contributed by atoms with Crippen molar-refractivity contribution >= 4 is 45.8 Å². The average Bonchev–Trinajstić information content (AvgIpc) is 2.99. The average molecular weight is 424 g/mol. The molecule has 6 heteroatoms. The summed E-state index contributed by atoms with van der Waals surface area (Å²) in [5.41, 5.74) is 5.37. The highest BCUT2D eigenvalue weighted by Crippen LogP contribution is 2.32. The predicted octanol–water partition coefficient (Wildman–Crippen LogP) is 6.27. The van der Waals surface area contributed by atoms with Crippen molar-refractivity contribution in [2.24, 2.45) is 0 Å². The summed E-state index contributed by atoms with van der Waals surface area (Å²) in [6.07, 6.45) is 0. The highest BCUT2D eigenvalue weighted by molar-refractivity contribution is 6.36. The van der Waals surface area contributed by atoms with Gasteiger partial charge in [-0.1, -0.05) is 41.4 Å². The van der Waals surface area contributed by atoms with E-state index >= 15 is 0 Å². The standard InChI is InChI=1S/C23H19Cl2N3O/c1-14-9-15(2)11-17(10-14)26-22(29)13-28-21-6-4-3-5-20(21)27-23(28)18-8-7-16(24)12-19(18)25/h3-12H,13H2,1-2H3,(H,26,29). The molecule has 3 aromatic carbocycles. The summed E-state index contributed by atoms with van der Waals surface area (Å²) in [6, 6.07) is 18.9. The lowest BCUT2D eigenvalue weighted by Crippen LogP contribution is -2.19. The number of hydrogen-bond acceptors (Lipinski definition) is 2. The molecule has 29 heavy (non-hydrogen) atoms. The minimum atomic E-state index is -0.135. The molecule has 0 saturated carbocycles. The highest BCUT2D eigenvalue weighted by atomic mass is 35.5. The Hall–Kier alpha value is -2.82. The van der Waals surface area contributed by atoms with E-state index < -0.39 is 0 Å². The van der Waals surface area contributed by atoms with Crippen LogP contribution in [0, 0.1) is 13.8 Å². The SMILES string of the molecule is Cc1cc(C)cc(NC(=O)Cn2c(-c3ccc(Cl)cc3Cl)nc3ccccc32)c1. The zero-order chi connectivity index (χ0) is 20.5. The van der Waals surface area contributed by atoms with E-state index in [9.17, 15) is 4.79 Å². The van der Waals surface area contributed by atoms with Crippen molar-refractivity contribution in [3.8, 4) is 11.4 Å². The van der Waals surface area contributed by atoms with Gasteiger partial charge in [0.2, 0.25) is 5.91 Å². The molecule has 0 atom stereocenters. The molecular weight excluding hydrogens is 405 g/mol. The summed E-state index contributed by atoms with van der Waals surface area (Å²) in [6.45, 7) is 4.13. The Morgan fingerprint density at radius 3 is 2.45 bits per heavy atom. The lowest BCUT2D eigenvalue weighted by Gasteiger charge is -2.12. The van der Waals surface area contributed by atoms with Gasteiger partial charge in [-0.25, -0.2) is 4.98 Å². The molecule has 146 valence electrons. The van der Waals surface area contributed by atoms with Gasteiger partial charge in [-0.3, -0.25) is 4.79 Å². The number of aromatic nitrogens is 2. The quantitative estimate of drug-likeness (QED) is 0.420. The molecular formula is C23H19Cl2N3O. The van der Waals surface area contributed by atoms with E-state index in [0.717, 1.165) is 33.4 Å². The summed E-state index contributed by atoms with van der Waals surface area (Å²) in [5.74, 6) is 0.493. The Balaban J connectivity index is 1.73. The maximum absolute atomic E-state index is 12.9. The molecule has 0 bridgehead atoms. The van der Waals surface area contributed by atoms with Gasteiger partial charge in [0.05, 0.1) is 16.1 Å². The molecule has 4 rings (SSSR count). The minimum absolute atomic E-state index is 0.113. The van der Waals surface area contributed by atoms with E-state index in [1.54, 1.807) is 12.1 Å². The number of aryl methyl sites for hydroxylation is 2. The summed E-state index contributed by atoms with van der Waals surface area (Å²) in [7, 11) is 0. The van der Waals surface area contributed by atoms with Crippen LogP contribution in [0.15, 0.2) is 60.7 Å². The second-order valence-electron chi connectivity index (χ2n) is 7.06. The Bertz CT molecular complexity index is 1210. The van der Waals surface area contributed by atoms with Crippen molar-refractivity contribution in [3.05, 3.63) is 81.8 Å². The largest absolute Gasteiger partial charge is 0.325 e. The van der Waals surface area contributed by atoms with Crippen LogP contribution < -0.4 is 5.32 Å². The lowest BCUT2D eigenvalue weighted by atomic mass is 10.1. The van der Waals surface area contributed by atoms with E-state index in [1.807, 2.05) is 60.9 Å². The molecule has 0 aliphatic rings. The summed E-state index contributed by atoms with van der Waals surface area (Å²) < 4.78 is 1.88. The fraction of sp³-hybridized carbons (Fsp3) is 0.130. The van der Waals surface area contributed by atoms with Crippen LogP contribution in [0.25, 0.3) is 22.4 Å². The normalized spacial score (nSPS) is 11.0. The third kappa shape index (κ3) is 4.14. The van der Waals surface area contributed by atoms with Crippen LogP contribution in [0.2, 0.25) is 10.0 Å². The number of halogens is 2. The molecule has 0 saturated heterocycles. The van der Waals surface area contributed by atoms with Gasteiger partial charge in [-0.05, 0) is 67.4 Å². The fourth-order valence-corrected chi connectivity index (χ4v) is 4.00. The van der Waals surface area contributed by atoms with Gasteiger partial charge in [-0.15, -0.1) is 0 Å². The number of fused-ring (bicyclic) bond motifs is 1. The second kappa shape index (κ2) is 7.90. The zero-order valence-corrected chi connectivity index (χ0v) is 17.6. The maximum Gasteiger partial charge on any atom is 0.244 e. The maximum atomic E-state index is 12.9. The van der Waals surface area contributed by atoms with Crippen LogP contribution in [0.4, 0.5) is 5.69 Å². The molecule has 0 aliphatic carbocycles. The fourth-order valence-electron chi connectivity index (χ4n) is 3.50. The topological polar surface area (TPSA) is 46.9 Å². The molecule has 1 amide bonds. The number of nitrogens with one attached hydrogen (secondary N) is 1. The smallest absolute Gasteiger partial charge is 0.244 e. The first-order chi connectivity index (χ1) is 13.9. The number of nitrogens with zero attached hydrogens (tertiary/aromatic N) is 2. The molecule has 1 N–H and O–H groups in total. The first kappa shape index (κ1) is 19.5. The van der Waals surface area contributed by atoms with Crippen LogP contribution in [0.3, 0.4) is 0 Å². The summed E-state index contributed by atoms with van der Waals surface area (Å²) in [4.78, 5) is 17.6. The van der Waals surface area contributed by atoms with Crippen molar-refractivity contribution in [1.29, 1.82) is 0 Å². The van der Waals surface area contributed by atoms with E-state index in [-0.39, 0.29) is 12.5 Å². The van der Waals surface area contributed by atoms with E-state index in [1.165, 1.54) is 0 Å². The number of benzene rings is 3. The van der Waals surface area contributed by atoms with Gasteiger partial charge >= 0.3 is 0 Å². The van der Waals surface area contributed by atoms with Gasteiger partial charge in [-0.2, -0.15) is 0 Å². The summed E-state index contributed by atoms with van der Waals surface area (Å²) >= 11 is 12.5. The van der Waals surface area contributed by atoms with Crippen molar-refractivity contribution in [3.63, 3.8) is 0 Å². The number of carbonyl (C=O) groups excluding carboxylic acids is 1. The number of hydrogen-bond donors (Lipinski definition) is 1. The van der Waals surface area contributed by atoms with Gasteiger partial charge in [0.25, 0.3) is 0 Å². The van der Waals surface area contributed by atoms with E-state index in [2.05, 4.69) is 11.4 Å². The number of rotatable bonds is 4. The first-order valence-corrected chi connectivity index (χ1v) is 9.95. The van der Waals surface area contributed by atoms with Gasteiger partial charge in [0.15, 0.2) is 0 Å². The van der Waals surface area contributed by atoms with Crippen LogP contribution in [-0.2, 0) is 11.3 Å². The number of anilines is 1. The van der Waals surface area contributed by atoms with E-state index in [0.29, 0.717) is 15.9 Å². The summed E-state index contributed by atoms with van der Waals surface area (Å²) in [5, 5.41) is 4.03. The third-order valence-corrected chi connectivity index (χ3v) is 5.18. The number of imidazole rings is 1. The van der Waals surface area contributed by atoms with Gasteiger partial charge in [0, 0.05) is 16.3 Å². The molecule has 0 fully saturated rings. The molecule has 0 aliphatic heterocycles. The molecule has 1 heterocycles. The first-order valence-electron chi connectivity index (χ1n) is 9.19. The second-order valence-corrected chi connectivity index (χ2v) is 7.90. The third-order valence-electron chi connectivity index (χ3n) is 4.63. The van der Waals surface area contributed by atoms with E-state index in [4.69, 9.17) is 28.2 Å². The number of carbonyl (C=O) groups is 1. The van der Waals surface area contributed by atoms with Crippen molar-refractivity contribution in [2.45, 2.75) is 20.4 Å². The molecule has 4 aromatic rings. The molecule has 0 unspecified atom stereocenters.